The summed E-state index contributed by atoms with van der Waals surface area (Å²) >= 11 is 0. The first-order valence-corrected chi connectivity index (χ1v) is 7.25. The number of methoxy groups -OCH3 is 4. The van der Waals surface area contributed by atoms with E-state index in [0.717, 1.165) is 0 Å². The third-order valence-electron chi connectivity index (χ3n) is 3.19. The van der Waals surface area contributed by atoms with Gasteiger partial charge in [-0.2, -0.15) is 8.42 Å². The summed E-state index contributed by atoms with van der Waals surface area (Å²) in [5, 5.41) is 4.82. The van der Waals surface area contributed by atoms with E-state index in [9.17, 15) is 8.42 Å². The number of rotatable bonds is 7. The molecule has 120 valence electrons. The molecule has 4 atom stereocenters. The Balaban J connectivity index is 2.98. The molecular weight excluding hydrogens is 294 g/mol. The molecule has 0 saturated carbocycles. The minimum Gasteiger partial charge on any atom is -0.376 e. The van der Waals surface area contributed by atoms with Crippen LogP contribution in [0.4, 0.5) is 0 Å². The molecular formula is C10H21NO8S. The summed E-state index contributed by atoms with van der Waals surface area (Å²) < 4.78 is 53.2. The lowest BCUT2D eigenvalue weighted by Gasteiger charge is -2.47. The first-order chi connectivity index (χ1) is 9.33. The van der Waals surface area contributed by atoms with Crippen molar-refractivity contribution in [1.29, 1.82) is 0 Å². The maximum absolute atomic E-state index is 10.9. The molecule has 0 aliphatic carbocycles. The van der Waals surface area contributed by atoms with Crippen LogP contribution in [0.15, 0.2) is 0 Å². The highest BCUT2D eigenvalue weighted by atomic mass is 32.2. The minimum atomic E-state index is -4.13. The lowest BCUT2D eigenvalue weighted by atomic mass is 9.96. The van der Waals surface area contributed by atoms with E-state index < -0.39 is 34.9 Å². The molecule has 20 heavy (non-hydrogen) atoms. The van der Waals surface area contributed by atoms with Gasteiger partial charge in [-0.25, -0.2) is 5.14 Å². The fraction of sp³-hybridized carbons (Fsp3) is 1.00. The predicted octanol–water partition coefficient (Wildman–Crippen LogP) is -1.38. The van der Waals surface area contributed by atoms with Crippen LogP contribution < -0.4 is 5.14 Å². The van der Waals surface area contributed by atoms with Crippen molar-refractivity contribution >= 4 is 10.3 Å². The second kappa shape index (κ2) is 7.09. The highest BCUT2D eigenvalue weighted by Gasteiger charge is 2.53. The number of nitrogens with two attached hydrogens (primary N) is 1. The fourth-order valence-corrected chi connectivity index (χ4v) is 2.49. The third-order valence-corrected chi connectivity index (χ3v) is 3.64. The second-order valence-corrected chi connectivity index (χ2v) is 5.43. The van der Waals surface area contributed by atoms with Crippen molar-refractivity contribution < 1.29 is 36.3 Å². The van der Waals surface area contributed by atoms with Crippen molar-refractivity contribution in [1.82, 2.24) is 0 Å². The molecule has 0 aromatic carbocycles. The van der Waals surface area contributed by atoms with Crippen LogP contribution in [0.25, 0.3) is 0 Å². The van der Waals surface area contributed by atoms with Crippen molar-refractivity contribution in [2.75, 3.05) is 41.7 Å². The summed E-state index contributed by atoms with van der Waals surface area (Å²) in [6.07, 6.45) is -1.68. The molecule has 1 aliphatic heterocycles. The Hall–Kier alpha value is -0.330. The van der Waals surface area contributed by atoms with Gasteiger partial charge in [-0.1, -0.05) is 0 Å². The number of hydrogen-bond donors (Lipinski definition) is 1. The molecule has 1 fully saturated rings. The molecule has 0 spiro atoms. The van der Waals surface area contributed by atoms with Crippen LogP contribution in [0.2, 0.25) is 0 Å². The zero-order valence-electron chi connectivity index (χ0n) is 11.9. The zero-order valence-corrected chi connectivity index (χ0v) is 12.7. The zero-order chi connectivity index (χ0) is 15.4. The summed E-state index contributed by atoms with van der Waals surface area (Å²) in [4.78, 5) is 0. The van der Waals surface area contributed by atoms with E-state index in [0.29, 0.717) is 0 Å². The van der Waals surface area contributed by atoms with E-state index >= 15 is 0 Å². The van der Waals surface area contributed by atoms with E-state index in [1.54, 1.807) is 0 Å². The van der Waals surface area contributed by atoms with Gasteiger partial charge in [-0.3, -0.25) is 4.18 Å². The predicted molar refractivity (Wildman–Crippen MR) is 67.1 cm³/mol. The third kappa shape index (κ3) is 3.86. The van der Waals surface area contributed by atoms with Crippen molar-refractivity contribution in [2.45, 2.75) is 24.1 Å². The van der Waals surface area contributed by atoms with Crippen LogP contribution in [0.1, 0.15) is 0 Å². The molecule has 0 amide bonds. The molecule has 0 aromatic heterocycles. The summed E-state index contributed by atoms with van der Waals surface area (Å²) in [5.74, 6) is -1.46. The van der Waals surface area contributed by atoms with Gasteiger partial charge in [0.15, 0.2) is 0 Å². The normalized spacial score (nSPS) is 35.1. The average molecular weight is 315 g/mol. The quantitative estimate of drug-likeness (QED) is 0.611. The molecule has 9 nitrogen and oxygen atoms in total. The molecule has 2 N–H and O–H groups in total. The van der Waals surface area contributed by atoms with Gasteiger partial charge in [0.2, 0.25) is 5.79 Å². The van der Waals surface area contributed by atoms with Crippen molar-refractivity contribution in [2.24, 2.45) is 5.14 Å². The molecule has 1 saturated heterocycles. The molecule has 0 aromatic rings. The standard InChI is InChI=1S/C10H21NO8S/c1-14-7-5-18-10(17-4,6-19-20(11,12)13)9(16-3)8(7)15-2/h7-9H,5-6H2,1-4H3,(H2,11,12,13)/t7-,8-,9+,10-/m1/s1. The summed E-state index contributed by atoms with van der Waals surface area (Å²) in [7, 11) is 1.62. The molecule has 10 heteroatoms. The van der Waals surface area contributed by atoms with Gasteiger partial charge in [0.05, 0.1) is 6.61 Å². The smallest absolute Gasteiger partial charge is 0.333 e. The van der Waals surface area contributed by atoms with Crippen molar-refractivity contribution in [3.8, 4) is 0 Å². The fourth-order valence-electron chi connectivity index (χ4n) is 2.16. The number of ether oxygens (including phenoxy) is 5. The second-order valence-electron chi connectivity index (χ2n) is 4.21. The Bertz CT molecular complexity index is 402. The lowest BCUT2D eigenvalue weighted by Crippen LogP contribution is -2.65. The molecule has 1 heterocycles. The Morgan fingerprint density at radius 2 is 1.85 bits per heavy atom. The average Bonchev–Trinajstić information content (AvgIpc) is 2.42. The largest absolute Gasteiger partial charge is 0.376 e. The van der Waals surface area contributed by atoms with Crippen LogP contribution in [0, 0.1) is 0 Å². The van der Waals surface area contributed by atoms with Crippen LogP contribution in [0.3, 0.4) is 0 Å². The van der Waals surface area contributed by atoms with Crippen molar-refractivity contribution in [3.05, 3.63) is 0 Å². The topological polar surface area (TPSA) is 116 Å². The van der Waals surface area contributed by atoms with Crippen LogP contribution in [-0.2, 0) is 38.2 Å². The van der Waals surface area contributed by atoms with Gasteiger partial charge in [-0.15, -0.1) is 0 Å². The molecule has 0 unspecified atom stereocenters. The van der Waals surface area contributed by atoms with Crippen LogP contribution in [-0.4, -0.2) is 74.2 Å². The van der Waals surface area contributed by atoms with Gasteiger partial charge < -0.3 is 23.7 Å². The summed E-state index contributed by atoms with van der Waals surface area (Å²) in [5.41, 5.74) is 0. The maximum atomic E-state index is 10.9. The summed E-state index contributed by atoms with van der Waals surface area (Å²) in [6, 6.07) is 0. The Morgan fingerprint density at radius 3 is 2.25 bits per heavy atom. The monoisotopic (exact) mass is 315 g/mol. The SMILES string of the molecule is CO[C@@H]1[C@H](OC)CO[C@@](COS(N)(=O)=O)(OC)[C@H]1OC. The Labute approximate surface area is 118 Å². The molecule has 0 bridgehead atoms. The van der Waals surface area contributed by atoms with Gasteiger partial charge in [0.25, 0.3) is 0 Å². The van der Waals surface area contributed by atoms with Crippen molar-refractivity contribution in [3.63, 3.8) is 0 Å². The van der Waals surface area contributed by atoms with Crippen LogP contribution in [0.5, 0.6) is 0 Å². The van der Waals surface area contributed by atoms with E-state index in [2.05, 4.69) is 4.18 Å². The molecule has 1 aliphatic rings. The Morgan fingerprint density at radius 1 is 1.20 bits per heavy atom. The molecule has 0 radical (unpaired) electrons. The lowest BCUT2D eigenvalue weighted by molar-refractivity contribution is -0.346. The highest BCUT2D eigenvalue weighted by molar-refractivity contribution is 7.84. The molecule has 1 rings (SSSR count). The van der Waals surface area contributed by atoms with Gasteiger partial charge in [-0.05, 0) is 0 Å². The summed E-state index contributed by atoms with van der Waals surface area (Å²) in [6.45, 7) is -0.339. The maximum Gasteiger partial charge on any atom is 0.333 e. The van der Waals surface area contributed by atoms with Gasteiger partial charge in [0.1, 0.15) is 24.9 Å². The van der Waals surface area contributed by atoms with E-state index in [4.69, 9.17) is 28.8 Å². The number of hydrogen-bond acceptors (Lipinski definition) is 8. The Kier molecular flexibility index (Phi) is 6.28. The van der Waals surface area contributed by atoms with E-state index in [-0.39, 0.29) is 12.7 Å². The van der Waals surface area contributed by atoms with Gasteiger partial charge in [0, 0.05) is 28.4 Å². The van der Waals surface area contributed by atoms with Crippen LogP contribution >= 0.6 is 0 Å². The van der Waals surface area contributed by atoms with E-state index in [1.165, 1.54) is 28.4 Å². The van der Waals surface area contributed by atoms with Gasteiger partial charge >= 0.3 is 10.3 Å². The first-order valence-electron chi connectivity index (χ1n) is 5.78. The first kappa shape index (κ1) is 17.7. The highest BCUT2D eigenvalue weighted by Crippen LogP contribution is 2.32. The minimum absolute atomic E-state index is 0.122. The van der Waals surface area contributed by atoms with E-state index in [1.807, 2.05) is 0 Å².